The lowest BCUT2D eigenvalue weighted by atomic mass is 10.0. The number of nitrogens with two attached hydrogens (primary N) is 1. The van der Waals surface area contributed by atoms with Crippen LogP contribution < -0.4 is 10.5 Å². The van der Waals surface area contributed by atoms with Gasteiger partial charge in [-0.3, -0.25) is 0 Å². The third-order valence-electron chi connectivity index (χ3n) is 2.37. The second-order valence-corrected chi connectivity index (χ2v) is 3.96. The first-order chi connectivity index (χ1) is 7.90. The summed E-state index contributed by atoms with van der Waals surface area (Å²) in [6, 6.07) is 3.23. The maximum absolute atomic E-state index is 13.5. The first-order valence-electron chi connectivity index (χ1n) is 5.33. The molecular formula is C13H17F2NO. The molecule has 1 rings (SSSR count). The zero-order chi connectivity index (χ0) is 13.1. The number of hydrogen-bond acceptors (Lipinski definition) is 2. The van der Waals surface area contributed by atoms with Crippen LogP contribution >= 0.6 is 0 Å². The molecule has 0 heterocycles. The van der Waals surface area contributed by atoms with Gasteiger partial charge in [0.25, 0.3) is 5.92 Å². The van der Waals surface area contributed by atoms with Crippen molar-refractivity contribution in [2.45, 2.75) is 19.8 Å². The van der Waals surface area contributed by atoms with E-state index in [9.17, 15) is 8.78 Å². The van der Waals surface area contributed by atoms with Gasteiger partial charge in [-0.05, 0) is 24.6 Å². The molecule has 0 aliphatic rings. The van der Waals surface area contributed by atoms with Crippen LogP contribution in [0, 0.1) is 6.92 Å². The average Bonchev–Trinajstić information content (AvgIpc) is 2.24. The van der Waals surface area contributed by atoms with E-state index in [2.05, 4.69) is 0 Å². The topological polar surface area (TPSA) is 35.2 Å². The van der Waals surface area contributed by atoms with Gasteiger partial charge in [0.1, 0.15) is 5.75 Å². The monoisotopic (exact) mass is 241 g/mol. The molecule has 0 unspecified atom stereocenters. The highest BCUT2D eigenvalue weighted by atomic mass is 19.3. The summed E-state index contributed by atoms with van der Waals surface area (Å²) < 4.78 is 32.0. The van der Waals surface area contributed by atoms with Gasteiger partial charge in [-0.15, -0.1) is 0 Å². The highest BCUT2D eigenvalue weighted by Gasteiger charge is 2.29. The fraction of sp³-hybridized carbons (Fsp3) is 0.385. The van der Waals surface area contributed by atoms with Gasteiger partial charge in [0, 0.05) is 19.0 Å². The minimum absolute atomic E-state index is 0.100. The zero-order valence-electron chi connectivity index (χ0n) is 10.3. The predicted molar refractivity (Wildman–Crippen MR) is 65.4 cm³/mol. The van der Waals surface area contributed by atoms with Crippen molar-refractivity contribution >= 4 is 6.08 Å². The van der Waals surface area contributed by atoms with Crippen LogP contribution in [0.5, 0.6) is 5.75 Å². The minimum atomic E-state index is -2.93. The SMILES string of the molecule is COc1c(/C=C/CN)cc(C)cc1C(C)(F)F. The number of aryl methyl sites for hydroxylation is 1. The molecule has 17 heavy (non-hydrogen) atoms. The predicted octanol–water partition coefficient (Wildman–Crippen LogP) is 3.09. The van der Waals surface area contributed by atoms with Crippen LogP contribution in [0.4, 0.5) is 8.78 Å². The molecule has 0 radical (unpaired) electrons. The molecule has 0 amide bonds. The number of benzene rings is 1. The largest absolute Gasteiger partial charge is 0.496 e. The lowest BCUT2D eigenvalue weighted by molar-refractivity contribution is 0.0150. The second kappa shape index (κ2) is 5.27. The maximum Gasteiger partial charge on any atom is 0.274 e. The van der Waals surface area contributed by atoms with Gasteiger partial charge in [-0.1, -0.05) is 12.2 Å². The highest BCUT2D eigenvalue weighted by molar-refractivity contribution is 5.62. The lowest BCUT2D eigenvalue weighted by Gasteiger charge is -2.18. The van der Waals surface area contributed by atoms with Crippen LogP contribution in [-0.2, 0) is 5.92 Å². The Labute approximate surface area is 100 Å². The fourth-order valence-corrected chi connectivity index (χ4v) is 1.67. The Kier molecular flexibility index (Phi) is 4.23. The van der Waals surface area contributed by atoms with E-state index in [1.54, 1.807) is 25.1 Å². The Morgan fingerprint density at radius 3 is 2.53 bits per heavy atom. The summed E-state index contributed by atoms with van der Waals surface area (Å²) in [4.78, 5) is 0. The smallest absolute Gasteiger partial charge is 0.274 e. The molecule has 0 bridgehead atoms. The number of halogens is 2. The molecule has 2 N–H and O–H groups in total. The molecule has 0 saturated heterocycles. The van der Waals surface area contributed by atoms with Crippen LogP contribution in [-0.4, -0.2) is 13.7 Å². The van der Waals surface area contributed by atoms with Crippen molar-refractivity contribution in [3.8, 4) is 5.75 Å². The van der Waals surface area contributed by atoms with Gasteiger partial charge in [0.15, 0.2) is 0 Å². The molecule has 0 atom stereocenters. The van der Waals surface area contributed by atoms with Gasteiger partial charge in [0.05, 0.1) is 12.7 Å². The minimum Gasteiger partial charge on any atom is -0.496 e. The van der Waals surface area contributed by atoms with Crippen molar-refractivity contribution in [1.82, 2.24) is 0 Å². The van der Waals surface area contributed by atoms with Gasteiger partial charge in [0.2, 0.25) is 0 Å². The van der Waals surface area contributed by atoms with E-state index in [1.807, 2.05) is 0 Å². The van der Waals surface area contributed by atoms with E-state index in [4.69, 9.17) is 10.5 Å². The Hall–Kier alpha value is -1.42. The normalized spacial score (nSPS) is 12.1. The van der Waals surface area contributed by atoms with Gasteiger partial charge in [-0.25, -0.2) is 8.78 Å². The molecule has 0 saturated carbocycles. The molecule has 1 aromatic rings. The number of ether oxygens (including phenoxy) is 1. The first kappa shape index (κ1) is 13.6. The summed E-state index contributed by atoms with van der Waals surface area (Å²) in [6.45, 7) is 2.99. The summed E-state index contributed by atoms with van der Waals surface area (Å²) in [7, 11) is 1.39. The van der Waals surface area contributed by atoms with E-state index in [0.717, 1.165) is 12.5 Å². The quantitative estimate of drug-likeness (QED) is 0.879. The molecule has 2 nitrogen and oxygen atoms in total. The standard InChI is InChI=1S/C13H17F2NO/c1-9-7-10(5-4-6-16)12(17-3)11(8-9)13(2,14)15/h4-5,7-8H,6,16H2,1-3H3/b5-4+. The number of methoxy groups -OCH3 is 1. The van der Waals surface area contributed by atoms with Gasteiger partial charge < -0.3 is 10.5 Å². The average molecular weight is 241 g/mol. The van der Waals surface area contributed by atoms with E-state index in [1.165, 1.54) is 13.2 Å². The van der Waals surface area contributed by atoms with Crippen LogP contribution in [0.1, 0.15) is 23.6 Å². The Bertz CT molecular complexity index is 422. The molecule has 0 aliphatic carbocycles. The molecule has 0 fully saturated rings. The van der Waals surface area contributed by atoms with Gasteiger partial charge >= 0.3 is 0 Å². The fourth-order valence-electron chi connectivity index (χ4n) is 1.67. The van der Waals surface area contributed by atoms with Crippen LogP contribution in [0.25, 0.3) is 6.08 Å². The van der Waals surface area contributed by atoms with Crippen molar-refractivity contribution in [1.29, 1.82) is 0 Å². The zero-order valence-corrected chi connectivity index (χ0v) is 10.3. The van der Waals surface area contributed by atoms with Crippen molar-refractivity contribution in [3.63, 3.8) is 0 Å². The van der Waals surface area contributed by atoms with E-state index >= 15 is 0 Å². The molecule has 4 heteroatoms. The first-order valence-corrected chi connectivity index (χ1v) is 5.33. The second-order valence-electron chi connectivity index (χ2n) is 3.96. The summed E-state index contributed by atoms with van der Waals surface area (Å²) >= 11 is 0. The lowest BCUT2D eigenvalue weighted by Crippen LogP contribution is -2.10. The van der Waals surface area contributed by atoms with Crippen LogP contribution in [0.3, 0.4) is 0 Å². The molecule has 0 spiro atoms. The van der Waals surface area contributed by atoms with E-state index in [0.29, 0.717) is 12.1 Å². The summed E-state index contributed by atoms with van der Waals surface area (Å²) in [6.07, 6.45) is 3.40. The summed E-state index contributed by atoms with van der Waals surface area (Å²) in [5.41, 5.74) is 6.64. The summed E-state index contributed by atoms with van der Waals surface area (Å²) in [5, 5.41) is 0. The van der Waals surface area contributed by atoms with Crippen molar-refractivity contribution in [3.05, 3.63) is 34.9 Å². The number of rotatable bonds is 4. The third-order valence-corrected chi connectivity index (χ3v) is 2.37. The molecular weight excluding hydrogens is 224 g/mol. The van der Waals surface area contributed by atoms with E-state index in [-0.39, 0.29) is 11.3 Å². The van der Waals surface area contributed by atoms with Crippen LogP contribution in [0.15, 0.2) is 18.2 Å². The third kappa shape index (κ3) is 3.27. The Morgan fingerprint density at radius 2 is 2.06 bits per heavy atom. The number of hydrogen-bond donors (Lipinski definition) is 1. The van der Waals surface area contributed by atoms with E-state index < -0.39 is 5.92 Å². The van der Waals surface area contributed by atoms with Crippen molar-refractivity contribution in [2.24, 2.45) is 5.73 Å². The Morgan fingerprint density at radius 1 is 1.41 bits per heavy atom. The van der Waals surface area contributed by atoms with Crippen molar-refractivity contribution in [2.75, 3.05) is 13.7 Å². The number of alkyl halides is 2. The van der Waals surface area contributed by atoms with Gasteiger partial charge in [-0.2, -0.15) is 0 Å². The maximum atomic E-state index is 13.5. The molecule has 1 aromatic carbocycles. The summed E-state index contributed by atoms with van der Waals surface area (Å²) in [5.74, 6) is -2.73. The molecule has 0 aromatic heterocycles. The molecule has 0 aliphatic heterocycles. The molecule has 94 valence electrons. The Balaban J connectivity index is 3.40. The van der Waals surface area contributed by atoms with Crippen molar-refractivity contribution < 1.29 is 13.5 Å². The van der Waals surface area contributed by atoms with Crippen LogP contribution in [0.2, 0.25) is 0 Å². The highest BCUT2D eigenvalue weighted by Crippen LogP contribution is 2.38.